The van der Waals surface area contributed by atoms with Crippen molar-refractivity contribution in [2.45, 2.75) is 26.4 Å². The summed E-state index contributed by atoms with van der Waals surface area (Å²) in [5, 5.41) is 3.06. The van der Waals surface area contributed by atoms with Crippen LogP contribution in [-0.4, -0.2) is 37.1 Å². The van der Waals surface area contributed by atoms with Crippen molar-refractivity contribution in [3.8, 4) is 0 Å². The van der Waals surface area contributed by atoms with E-state index >= 15 is 0 Å². The minimum Gasteiger partial charge on any atom is -0.384 e. The van der Waals surface area contributed by atoms with E-state index in [0.29, 0.717) is 17.1 Å². The van der Waals surface area contributed by atoms with Crippen LogP contribution in [0.5, 0.6) is 0 Å². The first-order valence-corrected chi connectivity index (χ1v) is 6.41. The average Bonchev–Trinajstić information content (AvgIpc) is 2.34. The molecule has 0 aliphatic carbocycles. The molecule has 1 aromatic carbocycles. The maximum Gasteiger partial charge on any atom is 0.406 e. The van der Waals surface area contributed by atoms with Crippen LogP contribution in [0.4, 0.5) is 18.9 Å². The van der Waals surface area contributed by atoms with Gasteiger partial charge in [0.05, 0.1) is 5.56 Å². The molecule has 0 atom stereocenters. The maximum atomic E-state index is 12.4. The predicted octanol–water partition coefficient (Wildman–Crippen LogP) is 3.45. The van der Waals surface area contributed by atoms with Gasteiger partial charge in [0.25, 0.3) is 5.91 Å². The molecule has 1 rings (SSSR count). The van der Waals surface area contributed by atoms with E-state index in [4.69, 9.17) is 0 Å². The van der Waals surface area contributed by atoms with Crippen molar-refractivity contribution in [1.29, 1.82) is 0 Å². The molecular weight excluding hydrogens is 269 g/mol. The number of carbonyl (C=O) groups excluding carboxylic acids is 1. The second-order valence-corrected chi connectivity index (χ2v) is 4.75. The molecule has 3 nitrogen and oxygen atoms in total. The molecule has 0 fully saturated rings. The second kappa shape index (κ2) is 6.63. The van der Waals surface area contributed by atoms with Gasteiger partial charge >= 0.3 is 6.18 Å². The summed E-state index contributed by atoms with van der Waals surface area (Å²) in [6.45, 7) is 3.17. The molecule has 0 unspecified atom stereocenters. The van der Waals surface area contributed by atoms with Gasteiger partial charge < -0.3 is 10.2 Å². The van der Waals surface area contributed by atoms with Crippen molar-refractivity contribution in [2.75, 3.05) is 25.5 Å². The Kier molecular flexibility index (Phi) is 5.42. The van der Waals surface area contributed by atoms with Crippen molar-refractivity contribution in [1.82, 2.24) is 4.90 Å². The molecule has 0 bridgehead atoms. The Morgan fingerprint density at radius 1 is 1.35 bits per heavy atom. The number of carbonyl (C=O) groups is 1. The lowest BCUT2D eigenvalue weighted by Gasteiger charge is -2.21. The third-order valence-corrected chi connectivity index (χ3v) is 2.73. The fourth-order valence-electron chi connectivity index (χ4n) is 1.80. The van der Waals surface area contributed by atoms with Gasteiger partial charge in [0.1, 0.15) is 6.54 Å². The third kappa shape index (κ3) is 4.75. The van der Waals surface area contributed by atoms with Gasteiger partial charge in [0.15, 0.2) is 0 Å². The van der Waals surface area contributed by atoms with E-state index in [9.17, 15) is 18.0 Å². The number of halogens is 3. The van der Waals surface area contributed by atoms with E-state index in [2.05, 4.69) is 5.32 Å². The number of nitrogens with one attached hydrogen (secondary N) is 1. The van der Waals surface area contributed by atoms with Gasteiger partial charge in [0, 0.05) is 19.3 Å². The summed E-state index contributed by atoms with van der Waals surface area (Å²) in [5.74, 6) is -0.635. The lowest BCUT2D eigenvalue weighted by Crippen LogP contribution is -2.36. The first-order chi connectivity index (χ1) is 9.24. The summed E-state index contributed by atoms with van der Waals surface area (Å²) >= 11 is 0. The maximum absolute atomic E-state index is 12.4. The first-order valence-electron chi connectivity index (χ1n) is 6.41. The summed E-state index contributed by atoms with van der Waals surface area (Å²) < 4.78 is 37.1. The van der Waals surface area contributed by atoms with Gasteiger partial charge in [-0.05, 0) is 25.5 Å². The Labute approximate surface area is 116 Å². The van der Waals surface area contributed by atoms with E-state index in [1.807, 2.05) is 13.0 Å². The summed E-state index contributed by atoms with van der Waals surface area (Å²) in [7, 11) is 1.15. The highest BCUT2D eigenvalue weighted by molar-refractivity contribution is 5.99. The number of aryl methyl sites for hydroxylation is 1. The van der Waals surface area contributed by atoms with Crippen LogP contribution in [0, 0.1) is 6.92 Å². The summed E-state index contributed by atoms with van der Waals surface area (Å²) in [6, 6.07) is 5.14. The van der Waals surface area contributed by atoms with Crippen LogP contribution in [0.3, 0.4) is 0 Å². The molecule has 0 heterocycles. The quantitative estimate of drug-likeness (QED) is 0.900. The number of hydrogen-bond acceptors (Lipinski definition) is 2. The Bertz CT molecular complexity index is 472. The zero-order valence-electron chi connectivity index (χ0n) is 11.8. The number of amides is 1. The van der Waals surface area contributed by atoms with Gasteiger partial charge in [-0.2, -0.15) is 13.2 Å². The van der Waals surface area contributed by atoms with E-state index < -0.39 is 18.6 Å². The van der Waals surface area contributed by atoms with Crippen molar-refractivity contribution >= 4 is 11.6 Å². The highest BCUT2D eigenvalue weighted by Gasteiger charge is 2.32. The van der Waals surface area contributed by atoms with Crippen LogP contribution in [0.25, 0.3) is 0 Å². The standard InChI is InChI=1S/C14H19F3N2O/c1-4-7-18-12-6-5-10(2)8-11(12)13(20)19(3)9-14(15,16)17/h5-6,8,18H,4,7,9H2,1-3H3. The normalized spacial score (nSPS) is 11.3. The van der Waals surface area contributed by atoms with E-state index in [1.54, 1.807) is 19.1 Å². The van der Waals surface area contributed by atoms with Crippen molar-refractivity contribution in [3.63, 3.8) is 0 Å². The van der Waals surface area contributed by atoms with E-state index in [-0.39, 0.29) is 5.56 Å². The van der Waals surface area contributed by atoms with Crippen LogP contribution in [0.1, 0.15) is 29.3 Å². The predicted molar refractivity (Wildman–Crippen MR) is 73.0 cm³/mol. The van der Waals surface area contributed by atoms with E-state index in [0.717, 1.165) is 19.0 Å². The van der Waals surface area contributed by atoms with Gasteiger partial charge in [-0.25, -0.2) is 0 Å². The highest BCUT2D eigenvalue weighted by Crippen LogP contribution is 2.22. The minimum atomic E-state index is -4.40. The number of alkyl halides is 3. The molecule has 1 N–H and O–H groups in total. The van der Waals surface area contributed by atoms with Crippen molar-refractivity contribution in [2.24, 2.45) is 0 Å². The molecule has 0 saturated heterocycles. The van der Waals surface area contributed by atoms with Crippen LogP contribution in [-0.2, 0) is 0 Å². The molecule has 6 heteroatoms. The molecule has 0 radical (unpaired) electrons. The number of anilines is 1. The third-order valence-electron chi connectivity index (χ3n) is 2.73. The topological polar surface area (TPSA) is 32.3 Å². The van der Waals surface area contributed by atoms with E-state index in [1.165, 1.54) is 0 Å². The molecular formula is C14H19F3N2O. The molecule has 0 aliphatic rings. The van der Waals surface area contributed by atoms with Gasteiger partial charge in [-0.3, -0.25) is 4.79 Å². The number of nitrogens with zero attached hydrogens (tertiary/aromatic N) is 1. The zero-order chi connectivity index (χ0) is 15.3. The summed E-state index contributed by atoms with van der Waals surface area (Å²) in [4.78, 5) is 12.8. The molecule has 0 saturated carbocycles. The first kappa shape index (κ1) is 16.3. The number of benzene rings is 1. The molecule has 0 aromatic heterocycles. The van der Waals surface area contributed by atoms with Crippen LogP contribution in [0.2, 0.25) is 0 Å². The smallest absolute Gasteiger partial charge is 0.384 e. The van der Waals surface area contributed by atoms with Crippen molar-refractivity contribution < 1.29 is 18.0 Å². The van der Waals surface area contributed by atoms with Crippen LogP contribution < -0.4 is 5.32 Å². The Balaban J connectivity index is 2.98. The lowest BCUT2D eigenvalue weighted by atomic mass is 10.1. The Morgan fingerprint density at radius 3 is 2.55 bits per heavy atom. The minimum absolute atomic E-state index is 0.269. The van der Waals surface area contributed by atoms with Crippen LogP contribution in [0.15, 0.2) is 18.2 Å². The van der Waals surface area contributed by atoms with Gasteiger partial charge in [-0.15, -0.1) is 0 Å². The monoisotopic (exact) mass is 288 g/mol. The SMILES string of the molecule is CCCNc1ccc(C)cc1C(=O)N(C)CC(F)(F)F. The summed E-state index contributed by atoms with van der Waals surface area (Å²) in [5.41, 5.74) is 1.66. The molecule has 1 amide bonds. The molecule has 0 aliphatic heterocycles. The zero-order valence-corrected chi connectivity index (χ0v) is 11.8. The average molecular weight is 288 g/mol. The summed E-state index contributed by atoms with van der Waals surface area (Å²) in [6.07, 6.45) is -3.54. The fourth-order valence-corrected chi connectivity index (χ4v) is 1.80. The fraction of sp³-hybridized carbons (Fsp3) is 0.500. The number of rotatable bonds is 5. The Morgan fingerprint density at radius 2 is 2.00 bits per heavy atom. The highest BCUT2D eigenvalue weighted by atomic mass is 19.4. The molecule has 1 aromatic rings. The molecule has 112 valence electrons. The van der Waals surface area contributed by atoms with Gasteiger partial charge in [0.2, 0.25) is 0 Å². The van der Waals surface area contributed by atoms with Crippen LogP contribution >= 0.6 is 0 Å². The molecule has 20 heavy (non-hydrogen) atoms. The number of hydrogen-bond donors (Lipinski definition) is 1. The Hall–Kier alpha value is -1.72. The second-order valence-electron chi connectivity index (χ2n) is 4.75. The lowest BCUT2D eigenvalue weighted by molar-refractivity contribution is -0.138. The van der Waals surface area contributed by atoms with Gasteiger partial charge in [-0.1, -0.05) is 18.6 Å². The van der Waals surface area contributed by atoms with Crippen molar-refractivity contribution in [3.05, 3.63) is 29.3 Å². The largest absolute Gasteiger partial charge is 0.406 e. The molecule has 0 spiro atoms.